The topological polar surface area (TPSA) is 80.6 Å². The first-order chi connectivity index (χ1) is 12.4. The van der Waals surface area contributed by atoms with Gasteiger partial charge >= 0.3 is 0 Å². The van der Waals surface area contributed by atoms with E-state index >= 15 is 0 Å². The molecule has 138 valence electrons. The summed E-state index contributed by atoms with van der Waals surface area (Å²) in [7, 11) is 0. The van der Waals surface area contributed by atoms with Crippen molar-refractivity contribution >= 4 is 23.3 Å². The van der Waals surface area contributed by atoms with E-state index in [1.54, 1.807) is 0 Å². The summed E-state index contributed by atoms with van der Waals surface area (Å²) in [4.78, 5) is 27.9. The Hall–Kier alpha value is -1.89. The molecule has 0 amide bonds. The number of nitrogens with one attached hydrogen (secondary N) is 1. The van der Waals surface area contributed by atoms with Crippen LogP contribution in [0.1, 0.15) is 89.4 Å². The first kappa shape index (κ1) is 17.5. The lowest BCUT2D eigenvalue weighted by atomic mass is 10.0. The van der Waals surface area contributed by atoms with E-state index in [2.05, 4.69) is 19.7 Å². The van der Waals surface area contributed by atoms with E-state index in [-0.39, 0.29) is 16.8 Å². The molecule has 2 aromatic rings. The molecule has 0 bridgehead atoms. The van der Waals surface area contributed by atoms with Gasteiger partial charge in [0.1, 0.15) is 5.82 Å². The van der Waals surface area contributed by atoms with Gasteiger partial charge in [-0.1, -0.05) is 11.8 Å². The minimum absolute atomic E-state index is 0.00131. The fourth-order valence-electron chi connectivity index (χ4n) is 3.60. The molecule has 0 unspecified atom stereocenters. The second kappa shape index (κ2) is 6.37. The number of thioether (sulfide) groups is 1. The largest absolute Gasteiger partial charge is 0.355 e. The van der Waals surface area contributed by atoms with Gasteiger partial charge in [0.2, 0.25) is 0 Å². The Balaban J connectivity index is 1.57. The summed E-state index contributed by atoms with van der Waals surface area (Å²) in [5.74, 6) is 1.63. The highest BCUT2D eigenvalue weighted by molar-refractivity contribution is 8.00. The zero-order valence-corrected chi connectivity index (χ0v) is 16.4. The highest BCUT2D eigenvalue weighted by Gasteiger charge is 2.37. The molecule has 0 radical (unpaired) electrons. The highest BCUT2D eigenvalue weighted by atomic mass is 32.2. The molecule has 0 aliphatic heterocycles. The maximum absolute atomic E-state index is 13.0. The van der Waals surface area contributed by atoms with Gasteiger partial charge in [-0.05, 0) is 58.9 Å². The third-order valence-corrected chi connectivity index (χ3v) is 6.29. The summed E-state index contributed by atoms with van der Waals surface area (Å²) in [6, 6.07) is 0.504. The van der Waals surface area contributed by atoms with Gasteiger partial charge in [0.05, 0.1) is 10.9 Å². The van der Waals surface area contributed by atoms with Crippen LogP contribution in [-0.4, -0.2) is 36.6 Å². The lowest BCUT2D eigenvalue weighted by Gasteiger charge is -2.12. The summed E-state index contributed by atoms with van der Waals surface area (Å²) < 4.78 is 2.26. The summed E-state index contributed by atoms with van der Waals surface area (Å²) in [5.41, 5.74) is 2.66. The number of Topliss-reactive ketones (excluding diaryl/α,β-unsaturated/α-hetero) is 2. The molecule has 2 saturated carbocycles. The Morgan fingerprint density at radius 3 is 2.42 bits per heavy atom. The lowest BCUT2D eigenvalue weighted by Crippen LogP contribution is -2.16. The van der Waals surface area contributed by atoms with Gasteiger partial charge in [-0.2, -0.15) is 0 Å². The number of rotatable bonds is 7. The van der Waals surface area contributed by atoms with Gasteiger partial charge in [-0.25, -0.2) is 0 Å². The summed E-state index contributed by atoms with van der Waals surface area (Å²) in [6.45, 7) is 7.11. The average Bonchev–Trinajstić information content (AvgIpc) is 3.50. The highest BCUT2D eigenvalue weighted by Crippen LogP contribution is 2.46. The Kier molecular flexibility index (Phi) is 4.29. The molecule has 0 spiro atoms. The minimum Gasteiger partial charge on any atom is -0.355 e. The van der Waals surface area contributed by atoms with Crippen LogP contribution in [0.5, 0.6) is 0 Å². The summed E-state index contributed by atoms with van der Waals surface area (Å²) >= 11 is 1.47. The van der Waals surface area contributed by atoms with Crippen molar-refractivity contribution in [2.75, 3.05) is 0 Å². The van der Waals surface area contributed by atoms with Crippen LogP contribution in [0, 0.1) is 13.8 Å². The fraction of sp³-hybridized carbons (Fsp3) is 0.579. The van der Waals surface area contributed by atoms with Crippen LogP contribution in [0.25, 0.3) is 0 Å². The Bertz CT molecular complexity index is 890. The molecule has 2 fully saturated rings. The number of H-pyrrole nitrogens is 1. The van der Waals surface area contributed by atoms with Gasteiger partial charge < -0.3 is 9.55 Å². The molecule has 4 rings (SSSR count). The van der Waals surface area contributed by atoms with Crippen molar-refractivity contribution in [1.29, 1.82) is 0 Å². The predicted molar refractivity (Wildman–Crippen MR) is 100 cm³/mol. The second-order valence-electron chi connectivity index (χ2n) is 7.52. The van der Waals surface area contributed by atoms with Crippen molar-refractivity contribution in [3.8, 4) is 0 Å². The molecule has 0 aromatic carbocycles. The number of carbonyl (C=O) groups is 2. The molecule has 7 heteroatoms. The third kappa shape index (κ3) is 3.02. The number of aromatic nitrogens is 4. The Morgan fingerprint density at radius 2 is 1.88 bits per heavy atom. The number of carbonyl (C=O) groups excluding carboxylic acids is 2. The van der Waals surface area contributed by atoms with E-state index in [1.165, 1.54) is 44.4 Å². The van der Waals surface area contributed by atoms with E-state index < -0.39 is 0 Å². The van der Waals surface area contributed by atoms with Gasteiger partial charge in [-0.3, -0.25) is 9.59 Å². The summed E-state index contributed by atoms with van der Waals surface area (Å²) in [5, 5.41) is 9.36. The summed E-state index contributed by atoms with van der Waals surface area (Å²) in [6.07, 6.45) is 4.73. The van der Waals surface area contributed by atoms with Crippen LogP contribution in [-0.2, 0) is 0 Å². The molecule has 2 aromatic heterocycles. The first-order valence-corrected chi connectivity index (χ1v) is 10.1. The van der Waals surface area contributed by atoms with Crippen molar-refractivity contribution in [2.45, 2.75) is 75.7 Å². The normalized spacial score (nSPS) is 18.2. The van der Waals surface area contributed by atoms with Crippen LogP contribution in [0.15, 0.2) is 5.16 Å². The average molecular weight is 372 g/mol. The van der Waals surface area contributed by atoms with E-state index in [0.717, 1.165) is 22.2 Å². The zero-order chi connectivity index (χ0) is 18.6. The third-order valence-electron chi connectivity index (χ3n) is 5.23. The number of hydrogen-bond donors (Lipinski definition) is 1. The van der Waals surface area contributed by atoms with E-state index in [4.69, 9.17) is 0 Å². The van der Waals surface area contributed by atoms with Gasteiger partial charge in [0.15, 0.2) is 16.7 Å². The molecule has 6 nitrogen and oxygen atoms in total. The monoisotopic (exact) mass is 372 g/mol. The molecule has 1 N–H and O–H groups in total. The van der Waals surface area contributed by atoms with Crippen molar-refractivity contribution in [3.05, 3.63) is 28.3 Å². The standard InChI is InChI=1S/C19H24N4O2S/c1-9-15(11(3)24)10(2)20-16(9)17(25)12(4)26-19-22-21-18(13-5-6-13)23(19)14-7-8-14/h12-14,20H,5-8H2,1-4H3/t12-/m1/s1. The smallest absolute Gasteiger partial charge is 0.192 e. The van der Waals surface area contributed by atoms with E-state index in [0.29, 0.717) is 23.2 Å². The SMILES string of the molecule is CC(=O)c1c(C)[nH]c(C(=O)[C@@H](C)Sc2nnc(C3CC3)n2C2CC2)c1C. The van der Waals surface area contributed by atoms with Crippen LogP contribution in [0.4, 0.5) is 0 Å². The lowest BCUT2D eigenvalue weighted by molar-refractivity contribution is 0.0988. The van der Waals surface area contributed by atoms with Gasteiger partial charge in [0, 0.05) is 23.2 Å². The van der Waals surface area contributed by atoms with Crippen molar-refractivity contribution in [2.24, 2.45) is 0 Å². The number of aromatic amines is 1. The predicted octanol–water partition coefficient (Wildman–Crippen LogP) is 4.00. The number of aryl methyl sites for hydroxylation is 1. The molecule has 2 aliphatic carbocycles. The van der Waals surface area contributed by atoms with Crippen molar-refractivity contribution in [3.63, 3.8) is 0 Å². The number of ketones is 2. The van der Waals surface area contributed by atoms with Crippen LogP contribution in [0.3, 0.4) is 0 Å². The molecule has 2 heterocycles. The van der Waals surface area contributed by atoms with E-state index in [9.17, 15) is 9.59 Å². The van der Waals surface area contributed by atoms with Gasteiger partial charge in [-0.15, -0.1) is 10.2 Å². The maximum atomic E-state index is 13.0. The quantitative estimate of drug-likeness (QED) is 0.587. The fourth-order valence-corrected chi connectivity index (χ4v) is 4.59. The molecular weight excluding hydrogens is 348 g/mol. The van der Waals surface area contributed by atoms with E-state index in [1.807, 2.05) is 20.8 Å². The van der Waals surface area contributed by atoms with Crippen LogP contribution >= 0.6 is 11.8 Å². The first-order valence-electron chi connectivity index (χ1n) is 9.24. The van der Waals surface area contributed by atoms with Crippen molar-refractivity contribution < 1.29 is 9.59 Å². The second-order valence-corrected chi connectivity index (χ2v) is 8.83. The van der Waals surface area contributed by atoms with Gasteiger partial charge in [0.25, 0.3) is 0 Å². The Morgan fingerprint density at radius 1 is 1.19 bits per heavy atom. The maximum Gasteiger partial charge on any atom is 0.192 e. The minimum atomic E-state index is -0.291. The number of nitrogens with zero attached hydrogens (tertiary/aromatic N) is 3. The molecule has 1 atom stereocenters. The molecule has 0 saturated heterocycles. The molecule has 2 aliphatic rings. The molecule has 26 heavy (non-hydrogen) atoms. The van der Waals surface area contributed by atoms with Crippen LogP contribution < -0.4 is 0 Å². The zero-order valence-electron chi connectivity index (χ0n) is 15.6. The number of hydrogen-bond acceptors (Lipinski definition) is 5. The van der Waals surface area contributed by atoms with Crippen molar-refractivity contribution in [1.82, 2.24) is 19.7 Å². The van der Waals surface area contributed by atoms with Crippen LogP contribution in [0.2, 0.25) is 0 Å². The molecular formula is C19H24N4O2S. The Labute approximate surface area is 157 Å².